The molecule has 0 aliphatic rings. The van der Waals surface area contributed by atoms with Crippen LogP contribution in [0.25, 0.3) is 0 Å². The highest BCUT2D eigenvalue weighted by Crippen LogP contribution is 2.07. The molecule has 0 spiro atoms. The van der Waals surface area contributed by atoms with Crippen LogP contribution in [0, 0.1) is 0 Å². The minimum Gasteiger partial charge on any atom is -0.480 e. The van der Waals surface area contributed by atoms with E-state index in [0.717, 1.165) is 17.9 Å². The molecule has 1 atom stereocenters. The van der Waals surface area contributed by atoms with Crippen molar-refractivity contribution >= 4 is 23.5 Å². The number of thioether (sulfide) groups is 1. The van der Waals surface area contributed by atoms with E-state index in [0.29, 0.717) is 12.8 Å². The van der Waals surface area contributed by atoms with E-state index < -0.39 is 12.0 Å². The quantitative estimate of drug-likeness (QED) is 0.593. The Morgan fingerprint density at radius 1 is 1.43 bits per heavy atom. The van der Waals surface area contributed by atoms with Crippen molar-refractivity contribution in [3.8, 4) is 0 Å². The molecule has 0 aliphatic heterocycles. The lowest BCUT2D eigenvalue weighted by Gasteiger charge is -2.05. The second-order valence-corrected chi connectivity index (χ2v) is 4.38. The largest absolute Gasteiger partial charge is 0.480 e. The van der Waals surface area contributed by atoms with Gasteiger partial charge in [0.2, 0.25) is 0 Å². The van der Waals surface area contributed by atoms with Crippen LogP contribution in [0.1, 0.15) is 26.2 Å². The number of hydrogen-bond donors (Lipinski definition) is 2. The number of nitrogens with two attached hydrogens (primary N) is 1. The molecule has 14 heavy (non-hydrogen) atoms. The number of hydrogen-bond acceptors (Lipinski definition) is 4. The van der Waals surface area contributed by atoms with Gasteiger partial charge in [0.1, 0.15) is 11.8 Å². The van der Waals surface area contributed by atoms with Gasteiger partial charge in [0, 0.05) is 12.2 Å². The second kappa shape index (κ2) is 7.82. The van der Waals surface area contributed by atoms with Crippen molar-refractivity contribution in [3.05, 3.63) is 0 Å². The van der Waals surface area contributed by atoms with E-state index in [9.17, 15) is 9.59 Å². The zero-order chi connectivity index (χ0) is 11.0. The van der Waals surface area contributed by atoms with Crippen molar-refractivity contribution in [2.45, 2.75) is 32.2 Å². The molecule has 0 heterocycles. The van der Waals surface area contributed by atoms with Gasteiger partial charge in [-0.15, -0.1) is 0 Å². The van der Waals surface area contributed by atoms with E-state index in [1.54, 1.807) is 18.7 Å². The summed E-state index contributed by atoms with van der Waals surface area (Å²) >= 11 is 1.67. The maximum atomic E-state index is 10.6. The number of ketones is 1. The van der Waals surface area contributed by atoms with Crippen molar-refractivity contribution < 1.29 is 14.7 Å². The predicted octanol–water partition coefficient (Wildman–Crippen LogP) is 0.891. The zero-order valence-corrected chi connectivity index (χ0v) is 9.18. The van der Waals surface area contributed by atoms with Crippen LogP contribution in [0.5, 0.6) is 0 Å². The predicted molar refractivity (Wildman–Crippen MR) is 57.5 cm³/mol. The van der Waals surface area contributed by atoms with Crippen LogP contribution in [-0.4, -0.2) is 34.4 Å². The molecule has 0 aromatic rings. The van der Waals surface area contributed by atoms with Gasteiger partial charge < -0.3 is 10.8 Å². The van der Waals surface area contributed by atoms with Gasteiger partial charge in [-0.1, -0.05) is 0 Å². The standard InChI is InChI=1S/C9H17NO3S/c1-7(11)4-6-14-5-2-3-8(10)9(12)13/h8H,2-6,10H2,1H3,(H,12,13). The molecule has 0 saturated carbocycles. The number of carboxylic acid groups (broad SMARTS) is 1. The smallest absolute Gasteiger partial charge is 0.320 e. The van der Waals surface area contributed by atoms with Gasteiger partial charge in [0.05, 0.1) is 0 Å². The Bertz CT molecular complexity index is 196. The molecule has 5 heteroatoms. The minimum absolute atomic E-state index is 0.194. The minimum atomic E-state index is -0.946. The molecule has 0 radical (unpaired) electrons. The van der Waals surface area contributed by atoms with Gasteiger partial charge in [-0.2, -0.15) is 11.8 Å². The van der Waals surface area contributed by atoms with Gasteiger partial charge in [0.15, 0.2) is 0 Å². The van der Waals surface area contributed by atoms with Gasteiger partial charge in [-0.3, -0.25) is 9.59 Å². The lowest BCUT2D eigenvalue weighted by Crippen LogP contribution is -2.29. The molecule has 0 bridgehead atoms. The first-order valence-electron chi connectivity index (χ1n) is 4.59. The highest BCUT2D eigenvalue weighted by molar-refractivity contribution is 7.99. The third kappa shape index (κ3) is 8.07. The Hall–Kier alpha value is -0.550. The van der Waals surface area contributed by atoms with Gasteiger partial charge in [0.25, 0.3) is 0 Å². The fourth-order valence-electron chi connectivity index (χ4n) is 0.847. The average Bonchev–Trinajstić information content (AvgIpc) is 2.09. The molecule has 0 amide bonds. The first-order valence-corrected chi connectivity index (χ1v) is 5.75. The molecule has 0 rings (SSSR count). The summed E-state index contributed by atoms with van der Waals surface area (Å²) in [6.45, 7) is 1.57. The molecule has 1 unspecified atom stereocenters. The number of rotatable bonds is 8. The first kappa shape index (κ1) is 13.4. The van der Waals surface area contributed by atoms with Crippen LogP contribution in [0.3, 0.4) is 0 Å². The van der Waals surface area contributed by atoms with Crippen molar-refractivity contribution in [1.29, 1.82) is 0 Å². The second-order valence-electron chi connectivity index (χ2n) is 3.15. The zero-order valence-electron chi connectivity index (χ0n) is 8.36. The summed E-state index contributed by atoms with van der Waals surface area (Å²) in [6.07, 6.45) is 1.88. The van der Waals surface area contributed by atoms with E-state index >= 15 is 0 Å². The molecule has 0 fully saturated rings. The summed E-state index contributed by atoms with van der Waals surface area (Å²) in [7, 11) is 0. The van der Waals surface area contributed by atoms with Crippen molar-refractivity contribution in [3.63, 3.8) is 0 Å². The Balaban J connectivity index is 3.21. The Labute approximate surface area is 88.2 Å². The van der Waals surface area contributed by atoms with E-state index in [-0.39, 0.29) is 5.78 Å². The SMILES string of the molecule is CC(=O)CCSCCCC(N)C(=O)O. The van der Waals surface area contributed by atoms with E-state index in [1.807, 2.05) is 0 Å². The van der Waals surface area contributed by atoms with Crippen LogP contribution in [0.15, 0.2) is 0 Å². The molecule has 82 valence electrons. The summed E-state index contributed by atoms with van der Waals surface area (Å²) < 4.78 is 0. The fourth-order valence-corrected chi connectivity index (χ4v) is 1.85. The first-order chi connectivity index (χ1) is 6.54. The van der Waals surface area contributed by atoms with Crippen LogP contribution in [0.2, 0.25) is 0 Å². The van der Waals surface area contributed by atoms with Crippen LogP contribution >= 0.6 is 11.8 Å². The number of carbonyl (C=O) groups excluding carboxylic acids is 1. The van der Waals surface area contributed by atoms with E-state index in [2.05, 4.69) is 0 Å². The van der Waals surface area contributed by atoms with Crippen LogP contribution in [0.4, 0.5) is 0 Å². The summed E-state index contributed by atoms with van der Waals surface area (Å²) in [5.74, 6) is 0.935. The van der Waals surface area contributed by atoms with E-state index in [4.69, 9.17) is 10.8 Å². The third-order valence-electron chi connectivity index (χ3n) is 1.72. The molecule has 0 saturated heterocycles. The Kier molecular flexibility index (Phi) is 7.51. The Morgan fingerprint density at radius 3 is 2.57 bits per heavy atom. The average molecular weight is 219 g/mol. The molecule has 0 aromatic heterocycles. The molecule has 3 N–H and O–H groups in total. The molecule has 4 nitrogen and oxygen atoms in total. The maximum Gasteiger partial charge on any atom is 0.320 e. The van der Waals surface area contributed by atoms with Gasteiger partial charge >= 0.3 is 5.97 Å². The number of aliphatic carboxylic acids is 1. The normalized spacial score (nSPS) is 12.4. The van der Waals surface area contributed by atoms with Crippen LogP contribution in [-0.2, 0) is 9.59 Å². The summed E-state index contributed by atoms with van der Waals surface area (Å²) in [4.78, 5) is 20.9. The van der Waals surface area contributed by atoms with Gasteiger partial charge in [-0.05, 0) is 25.5 Å². The molecule has 0 aliphatic carbocycles. The molecular weight excluding hydrogens is 202 g/mol. The van der Waals surface area contributed by atoms with Crippen molar-refractivity contribution in [1.82, 2.24) is 0 Å². The molecular formula is C9H17NO3S. The maximum absolute atomic E-state index is 10.6. The number of Topliss-reactive ketones (excluding diaryl/α,β-unsaturated/α-hetero) is 1. The fraction of sp³-hybridized carbons (Fsp3) is 0.778. The topological polar surface area (TPSA) is 80.4 Å². The summed E-state index contributed by atoms with van der Waals surface area (Å²) in [6, 6.07) is -0.747. The third-order valence-corrected chi connectivity index (χ3v) is 2.79. The summed E-state index contributed by atoms with van der Waals surface area (Å²) in [5, 5.41) is 8.48. The Morgan fingerprint density at radius 2 is 2.07 bits per heavy atom. The van der Waals surface area contributed by atoms with E-state index in [1.165, 1.54) is 0 Å². The lowest BCUT2D eigenvalue weighted by molar-refractivity contribution is -0.138. The highest BCUT2D eigenvalue weighted by atomic mass is 32.2. The summed E-state index contributed by atoms with van der Waals surface area (Å²) in [5.41, 5.74) is 5.32. The van der Waals surface area contributed by atoms with Gasteiger partial charge in [-0.25, -0.2) is 0 Å². The number of carbonyl (C=O) groups is 2. The highest BCUT2D eigenvalue weighted by Gasteiger charge is 2.09. The van der Waals surface area contributed by atoms with Crippen molar-refractivity contribution in [2.24, 2.45) is 5.73 Å². The number of carboxylic acids is 1. The lowest BCUT2D eigenvalue weighted by atomic mass is 10.2. The van der Waals surface area contributed by atoms with Crippen LogP contribution < -0.4 is 5.73 Å². The van der Waals surface area contributed by atoms with Crippen molar-refractivity contribution in [2.75, 3.05) is 11.5 Å². The molecule has 0 aromatic carbocycles. The monoisotopic (exact) mass is 219 g/mol.